The van der Waals surface area contributed by atoms with Gasteiger partial charge in [0.05, 0.1) is 0 Å². The van der Waals surface area contributed by atoms with Gasteiger partial charge >= 0.3 is 59.1 Å². The van der Waals surface area contributed by atoms with Gasteiger partial charge in [-0.3, -0.25) is 0 Å². The fourth-order valence-electron chi connectivity index (χ4n) is 2.18. The summed E-state index contributed by atoms with van der Waals surface area (Å²) in [4.78, 5) is 17.0. The van der Waals surface area contributed by atoms with E-state index in [0.29, 0.717) is 0 Å². The minimum Gasteiger partial charge on any atom is -0.813 e. The third kappa shape index (κ3) is 9.13. The molecule has 25 heavy (non-hydrogen) atoms. The second kappa shape index (κ2) is 14.3. The van der Waals surface area contributed by atoms with Crippen LogP contribution in [0.4, 0.5) is 0 Å². The van der Waals surface area contributed by atoms with Gasteiger partial charge in [0.25, 0.3) is 0 Å². The molecule has 0 radical (unpaired) electrons. The van der Waals surface area contributed by atoms with Crippen LogP contribution in [0.15, 0.2) is 91.0 Å². The summed E-state index contributed by atoms with van der Waals surface area (Å²) in [7, 11) is -4.08. The fourth-order valence-corrected chi connectivity index (χ4v) is 4.48. The van der Waals surface area contributed by atoms with Crippen LogP contribution in [0, 0.1) is 0 Å². The van der Waals surface area contributed by atoms with Gasteiger partial charge in [0.1, 0.15) is 0 Å². The van der Waals surface area contributed by atoms with E-state index in [1.54, 1.807) is 0 Å². The predicted molar refractivity (Wildman–Crippen MR) is 94.1 cm³/mol. The van der Waals surface area contributed by atoms with E-state index in [1.807, 2.05) is 0 Å². The maximum absolute atomic E-state index is 8.52. The van der Waals surface area contributed by atoms with Crippen LogP contribution in [0.25, 0.3) is 0 Å². The molecule has 0 amide bonds. The second-order valence-corrected chi connectivity index (χ2v) is 7.31. The van der Waals surface area contributed by atoms with Crippen LogP contribution in [0.1, 0.15) is 0 Å². The van der Waals surface area contributed by atoms with Gasteiger partial charge in [0.2, 0.25) is 0 Å². The van der Waals surface area contributed by atoms with Crippen LogP contribution in [0.2, 0.25) is 0 Å². The van der Waals surface area contributed by atoms with E-state index in [0.717, 1.165) is 0 Å². The SMILES string of the molecule is O=[PH]([O-])[O-].[Na+].[Na+].c1ccc(P(c2ccccc2)c2ccccc2)cc1. The first-order valence-electron chi connectivity index (χ1n) is 7.02. The quantitative estimate of drug-likeness (QED) is 0.336. The molecule has 0 fully saturated rings. The van der Waals surface area contributed by atoms with E-state index in [1.165, 1.54) is 15.9 Å². The summed E-state index contributed by atoms with van der Waals surface area (Å²) in [5, 5.41) is 4.19. The van der Waals surface area contributed by atoms with Crippen molar-refractivity contribution < 1.29 is 73.5 Å². The Morgan fingerprint density at radius 1 is 0.560 bits per heavy atom. The van der Waals surface area contributed by atoms with Gasteiger partial charge in [-0.25, -0.2) is 0 Å². The smallest absolute Gasteiger partial charge is 0.813 e. The van der Waals surface area contributed by atoms with Crippen molar-refractivity contribution in [1.82, 2.24) is 0 Å². The predicted octanol–water partition coefficient (Wildman–Crippen LogP) is -4.45. The molecule has 0 aliphatic rings. The number of hydrogen-bond acceptors (Lipinski definition) is 3. The Kier molecular flexibility index (Phi) is 14.5. The van der Waals surface area contributed by atoms with Gasteiger partial charge < -0.3 is 14.4 Å². The van der Waals surface area contributed by atoms with E-state index in [4.69, 9.17) is 14.4 Å². The average Bonchev–Trinajstić information content (AvgIpc) is 2.58. The van der Waals surface area contributed by atoms with Crippen molar-refractivity contribution in [3.05, 3.63) is 91.0 Å². The van der Waals surface area contributed by atoms with Crippen LogP contribution in [0.5, 0.6) is 0 Å². The minimum absolute atomic E-state index is 0. The van der Waals surface area contributed by atoms with Crippen LogP contribution >= 0.6 is 16.2 Å². The zero-order valence-electron chi connectivity index (χ0n) is 14.3. The molecule has 0 aliphatic carbocycles. The van der Waals surface area contributed by atoms with Crippen LogP contribution < -0.4 is 84.8 Å². The van der Waals surface area contributed by atoms with E-state index in [2.05, 4.69) is 91.0 Å². The zero-order valence-corrected chi connectivity index (χ0v) is 20.2. The molecule has 0 spiro atoms. The van der Waals surface area contributed by atoms with Crippen LogP contribution in [-0.2, 0) is 4.57 Å². The maximum atomic E-state index is 8.52. The van der Waals surface area contributed by atoms with Crippen molar-refractivity contribution >= 4 is 32.1 Å². The Hall–Kier alpha value is 0.240. The molecule has 7 heteroatoms. The molecule has 3 rings (SSSR count). The van der Waals surface area contributed by atoms with E-state index in [9.17, 15) is 0 Å². The monoisotopic (exact) mass is 388 g/mol. The van der Waals surface area contributed by atoms with Gasteiger partial charge in [-0.2, -0.15) is 0 Å². The molecule has 3 aromatic carbocycles. The van der Waals surface area contributed by atoms with E-state index in [-0.39, 0.29) is 59.1 Å². The van der Waals surface area contributed by atoms with Gasteiger partial charge in [-0.15, -0.1) is 0 Å². The second-order valence-electron chi connectivity index (χ2n) is 4.59. The maximum Gasteiger partial charge on any atom is 1.00 e. The van der Waals surface area contributed by atoms with Crippen LogP contribution in [-0.4, -0.2) is 0 Å². The third-order valence-electron chi connectivity index (χ3n) is 3.04. The van der Waals surface area contributed by atoms with Gasteiger partial charge in [-0.1, -0.05) is 99.3 Å². The van der Waals surface area contributed by atoms with Crippen molar-refractivity contribution in [2.75, 3.05) is 0 Å². The third-order valence-corrected chi connectivity index (χ3v) is 5.49. The molecular formula is C18H16Na2O3P2. The summed E-state index contributed by atoms with van der Waals surface area (Å²) in [6, 6.07) is 32.3. The molecule has 0 heterocycles. The van der Waals surface area contributed by atoms with Crippen molar-refractivity contribution in [1.29, 1.82) is 0 Å². The van der Waals surface area contributed by atoms with Crippen molar-refractivity contribution in [2.24, 2.45) is 0 Å². The summed E-state index contributed by atoms with van der Waals surface area (Å²) < 4.78 is 8.52. The molecular weight excluding hydrogens is 372 g/mol. The summed E-state index contributed by atoms with van der Waals surface area (Å²) in [5.74, 6) is 0. The van der Waals surface area contributed by atoms with Crippen molar-refractivity contribution in [2.45, 2.75) is 0 Å². The zero-order chi connectivity index (χ0) is 16.5. The Balaban J connectivity index is 0.000000874. The molecule has 0 N–H and O–H groups in total. The first-order valence-corrected chi connectivity index (χ1v) is 9.58. The Bertz CT molecular complexity index is 631. The summed E-state index contributed by atoms with van der Waals surface area (Å²) in [5.41, 5.74) is 0. The normalized spacial score (nSPS) is 9.44. The molecule has 0 aliphatic heterocycles. The molecule has 0 saturated heterocycles. The molecule has 3 aromatic rings. The van der Waals surface area contributed by atoms with Crippen LogP contribution in [0.3, 0.4) is 0 Å². The first kappa shape index (κ1) is 25.2. The molecule has 0 saturated carbocycles. The molecule has 118 valence electrons. The Labute approximate surface area is 194 Å². The summed E-state index contributed by atoms with van der Waals surface area (Å²) in [6.07, 6.45) is 0. The van der Waals surface area contributed by atoms with Crippen molar-refractivity contribution in [3.8, 4) is 0 Å². The van der Waals surface area contributed by atoms with Gasteiger partial charge in [-0.05, 0) is 23.8 Å². The Morgan fingerprint density at radius 3 is 0.960 bits per heavy atom. The standard InChI is InChI=1S/C18H15P.2Na.H3O3P/c1-4-10-16(11-5-1)19(17-12-6-2-7-13-17)18-14-8-3-9-15-18;;;1-4(2)3/h1-15H;;;4H,(H2,1,2,3)/q;2*+1;/p-2. The molecule has 0 bridgehead atoms. The number of hydrogen-bond donors (Lipinski definition) is 0. The minimum atomic E-state index is -3.63. The first-order chi connectivity index (χ1) is 11.2. The van der Waals surface area contributed by atoms with Crippen molar-refractivity contribution in [3.63, 3.8) is 0 Å². The topological polar surface area (TPSA) is 63.2 Å². The van der Waals surface area contributed by atoms with E-state index >= 15 is 0 Å². The Morgan fingerprint density at radius 2 is 0.760 bits per heavy atom. The average molecular weight is 388 g/mol. The summed E-state index contributed by atoms with van der Waals surface area (Å²) in [6.45, 7) is 0. The largest absolute Gasteiger partial charge is 1.00 e. The summed E-state index contributed by atoms with van der Waals surface area (Å²) >= 11 is 0. The molecule has 3 nitrogen and oxygen atoms in total. The fraction of sp³-hybridized carbons (Fsp3) is 0. The molecule has 0 aromatic heterocycles. The molecule has 0 atom stereocenters. The van der Waals surface area contributed by atoms with Gasteiger partial charge in [0, 0.05) is 0 Å². The number of benzene rings is 3. The van der Waals surface area contributed by atoms with Gasteiger partial charge in [0.15, 0.2) is 0 Å². The molecule has 0 unspecified atom stereocenters. The van der Waals surface area contributed by atoms with E-state index < -0.39 is 16.2 Å². The number of rotatable bonds is 3.